The summed E-state index contributed by atoms with van der Waals surface area (Å²) in [5.41, 5.74) is 3.49. The van der Waals surface area contributed by atoms with E-state index in [0.29, 0.717) is 16.8 Å². The molecule has 0 unspecified atom stereocenters. The first-order valence-electron chi connectivity index (χ1n) is 8.50. The molecule has 1 heterocycles. The number of aromatic nitrogens is 2. The van der Waals surface area contributed by atoms with Crippen molar-refractivity contribution in [2.24, 2.45) is 0 Å². The number of carboxylic acids is 1. The number of carbonyl (C=O) groups excluding carboxylic acids is 1. The van der Waals surface area contributed by atoms with Gasteiger partial charge in [-0.2, -0.15) is 5.10 Å². The number of hydrogen-bond acceptors (Lipinski definition) is 3. The van der Waals surface area contributed by atoms with Crippen LogP contribution in [-0.4, -0.2) is 26.8 Å². The Kier molecular flexibility index (Phi) is 5.62. The van der Waals surface area contributed by atoms with E-state index >= 15 is 0 Å². The lowest BCUT2D eigenvalue weighted by Crippen LogP contribution is -2.16. The van der Waals surface area contributed by atoms with Crippen molar-refractivity contribution in [3.05, 3.63) is 46.3 Å². The third-order valence-corrected chi connectivity index (χ3v) is 4.63. The van der Waals surface area contributed by atoms with Gasteiger partial charge in [0.2, 0.25) is 0 Å². The highest BCUT2D eigenvalue weighted by molar-refractivity contribution is 6.06. The average Bonchev–Trinajstić information content (AvgIpc) is 2.93. The molecule has 1 aromatic heterocycles. The molecule has 6 nitrogen and oxygen atoms in total. The number of rotatable bonds is 6. The van der Waals surface area contributed by atoms with Gasteiger partial charge in [-0.3, -0.25) is 9.48 Å². The van der Waals surface area contributed by atoms with E-state index in [-0.39, 0.29) is 17.5 Å². The van der Waals surface area contributed by atoms with Crippen LogP contribution < -0.4 is 5.32 Å². The highest BCUT2D eigenvalue weighted by Crippen LogP contribution is 2.23. The van der Waals surface area contributed by atoms with Gasteiger partial charge in [0.15, 0.2) is 0 Å². The number of aryl methyl sites for hydroxylation is 2. The number of hydrogen-bond donors (Lipinski definition) is 2. The van der Waals surface area contributed by atoms with Crippen LogP contribution in [0.3, 0.4) is 0 Å². The fourth-order valence-corrected chi connectivity index (χ4v) is 3.06. The van der Waals surface area contributed by atoms with E-state index in [1.165, 1.54) is 6.07 Å². The number of aromatic carboxylic acids is 1. The van der Waals surface area contributed by atoms with Gasteiger partial charge in [0.05, 0.1) is 23.4 Å². The van der Waals surface area contributed by atoms with Gasteiger partial charge in [-0.05, 0) is 50.8 Å². The predicted octanol–water partition coefficient (Wildman–Crippen LogP) is 4.12. The van der Waals surface area contributed by atoms with Gasteiger partial charge in [-0.25, -0.2) is 4.79 Å². The van der Waals surface area contributed by atoms with Gasteiger partial charge >= 0.3 is 5.97 Å². The molecule has 2 N–H and O–H groups in total. The van der Waals surface area contributed by atoms with Crippen LogP contribution in [0, 0.1) is 20.8 Å². The zero-order valence-corrected chi connectivity index (χ0v) is 15.4. The van der Waals surface area contributed by atoms with E-state index in [2.05, 4.69) is 24.3 Å². The molecule has 0 aliphatic heterocycles. The fraction of sp³-hybridized carbons (Fsp3) is 0.421. The molecule has 2 aromatic rings. The van der Waals surface area contributed by atoms with Gasteiger partial charge in [0, 0.05) is 11.4 Å². The van der Waals surface area contributed by atoms with Crippen molar-refractivity contribution >= 4 is 17.6 Å². The van der Waals surface area contributed by atoms with Crippen molar-refractivity contribution < 1.29 is 14.7 Å². The Morgan fingerprint density at radius 3 is 2.32 bits per heavy atom. The second kappa shape index (κ2) is 7.51. The standard InChI is InChI=1S/C19H25N3O3/c1-6-14(7-2)22-13(5)16(10-20-22)18(23)21-17-9-15(19(24)25)11(3)8-12(17)4/h8-10,14H,6-7H2,1-5H3,(H,21,23)(H,24,25). The van der Waals surface area contributed by atoms with Gasteiger partial charge < -0.3 is 10.4 Å². The van der Waals surface area contributed by atoms with Crippen molar-refractivity contribution in [1.29, 1.82) is 0 Å². The molecule has 0 radical (unpaired) electrons. The Balaban J connectivity index is 2.32. The normalized spacial score (nSPS) is 11.0. The Hall–Kier alpha value is -2.63. The van der Waals surface area contributed by atoms with Crippen molar-refractivity contribution in [3.63, 3.8) is 0 Å². The maximum atomic E-state index is 12.7. The summed E-state index contributed by atoms with van der Waals surface area (Å²) < 4.78 is 1.89. The number of anilines is 1. The number of nitrogens with one attached hydrogen (secondary N) is 1. The summed E-state index contributed by atoms with van der Waals surface area (Å²) in [5, 5.41) is 16.5. The molecule has 0 aliphatic rings. The van der Waals surface area contributed by atoms with Crippen molar-refractivity contribution in [1.82, 2.24) is 9.78 Å². The summed E-state index contributed by atoms with van der Waals surface area (Å²) in [6, 6.07) is 3.53. The van der Waals surface area contributed by atoms with Gasteiger partial charge in [-0.15, -0.1) is 0 Å². The molecular weight excluding hydrogens is 318 g/mol. The lowest BCUT2D eigenvalue weighted by Gasteiger charge is -2.15. The summed E-state index contributed by atoms with van der Waals surface area (Å²) >= 11 is 0. The summed E-state index contributed by atoms with van der Waals surface area (Å²) in [6.07, 6.45) is 3.46. The van der Waals surface area contributed by atoms with Crippen LogP contribution in [0.15, 0.2) is 18.3 Å². The summed E-state index contributed by atoms with van der Waals surface area (Å²) in [7, 11) is 0. The van der Waals surface area contributed by atoms with E-state index in [9.17, 15) is 14.7 Å². The van der Waals surface area contributed by atoms with Gasteiger partial charge in [0.1, 0.15) is 0 Å². The Bertz CT molecular complexity index is 804. The largest absolute Gasteiger partial charge is 0.478 e. The first kappa shape index (κ1) is 18.7. The molecule has 25 heavy (non-hydrogen) atoms. The molecule has 2 rings (SSSR count). The third kappa shape index (κ3) is 3.73. The first-order valence-corrected chi connectivity index (χ1v) is 8.50. The summed E-state index contributed by atoms with van der Waals surface area (Å²) in [6.45, 7) is 9.65. The zero-order chi connectivity index (χ0) is 18.7. The SMILES string of the molecule is CCC(CC)n1ncc(C(=O)Nc2cc(C(=O)O)c(C)cc2C)c1C. The molecule has 0 spiro atoms. The number of carbonyl (C=O) groups is 2. The fourth-order valence-electron chi connectivity index (χ4n) is 3.06. The molecule has 6 heteroatoms. The van der Waals surface area contributed by atoms with E-state index in [1.807, 2.05) is 18.5 Å². The molecule has 1 aromatic carbocycles. The Labute approximate surface area is 147 Å². The second-order valence-electron chi connectivity index (χ2n) is 6.30. The lowest BCUT2D eigenvalue weighted by molar-refractivity contribution is 0.0695. The van der Waals surface area contributed by atoms with E-state index in [4.69, 9.17) is 0 Å². The number of nitrogens with zero attached hydrogens (tertiary/aromatic N) is 2. The van der Waals surface area contributed by atoms with Crippen LogP contribution in [-0.2, 0) is 0 Å². The van der Waals surface area contributed by atoms with Crippen LogP contribution in [0.5, 0.6) is 0 Å². The number of amides is 1. The minimum Gasteiger partial charge on any atom is -0.478 e. The maximum absolute atomic E-state index is 12.7. The predicted molar refractivity (Wildman–Crippen MR) is 97.4 cm³/mol. The minimum atomic E-state index is -1.01. The first-order chi connectivity index (χ1) is 11.8. The molecule has 1 amide bonds. The Morgan fingerprint density at radius 1 is 1.12 bits per heavy atom. The van der Waals surface area contributed by atoms with Crippen LogP contribution >= 0.6 is 0 Å². The third-order valence-electron chi connectivity index (χ3n) is 4.63. The highest BCUT2D eigenvalue weighted by Gasteiger charge is 2.19. The van der Waals surface area contributed by atoms with Gasteiger partial charge in [0.25, 0.3) is 5.91 Å². The van der Waals surface area contributed by atoms with E-state index < -0.39 is 5.97 Å². The number of benzene rings is 1. The molecular formula is C19H25N3O3. The molecule has 0 saturated carbocycles. The number of carboxylic acid groups (broad SMARTS) is 1. The van der Waals surface area contributed by atoms with Crippen LogP contribution in [0.25, 0.3) is 0 Å². The van der Waals surface area contributed by atoms with Crippen LogP contribution in [0.1, 0.15) is 70.3 Å². The van der Waals surface area contributed by atoms with Crippen molar-refractivity contribution in [2.45, 2.75) is 53.5 Å². The molecule has 0 atom stereocenters. The van der Waals surface area contributed by atoms with Gasteiger partial charge in [-0.1, -0.05) is 19.9 Å². The quantitative estimate of drug-likeness (QED) is 0.826. The highest BCUT2D eigenvalue weighted by atomic mass is 16.4. The molecule has 0 fully saturated rings. The van der Waals surface area contributed by atoms with Crippen molar-refractivity contribution in [3.8, 4) is 0 Å². The smallest absolute Gasteiger partial charge is 0.336 e. The lowest BCUT2D eigenvalue weighted by atomic mass is 10.0. The van der Waals surface area contributed by atoms with Crippen LogP contribution in [0.4, 0.5) is 5.69 Å². The molecule has 0 aliphatic carbocycles. The van der Waals surface area contributed by atoms with Crippen molar-refractivity contribution in [2.75, 3.05) is 5.32 Å². The Morgan fingerprint density at radius 2 is 1.76 bits per heavy atom. The molecule has 0 bridgehead atoms. The molecule has 0 saturated heterocycles. The molecule has 134 valence electrons. The summed E-state index contributed by atoms with van der Waals surface area (Å²) in [4.78, 5) is 24.0. The second-order valence-corrected chi connectivity index (χ2v) is 6.30. The van der Waals surface area contributed by atoms with Crippen LogP contribution in [0.2, 0.25) is 0 Å². The topological polar surface area (TPSA) is 84.2 Å². The van der Waals surface area contributed by atoms with E-state index in [1.54, 1.807) is 19.2 Å². The minimum absolute atomic E-state index is 0.186. The monoisotopic (exact) mass is 343 g/mol. The average molecular weight is 343 g/mol. The van der Waals surface area contributed by atoms with E-state index in [0.717, 1.165) is 24.1 Å². The summed E-state index contributed by atoms with van der Waals surface area (Å²) in [5.74, 6) is -1.29. The maximum Gasteiger partial charge on any atom is 0.336 e. The zero-order valence-electron chi connectivity index (χ0n) is 15.4.